The van der Waals surface area contributed by atoms with E-state index in [0.717, 1.165) is 23.8 Å². The maximum absolute atomic E-state index is 12.6. The number of aromatic nitrogens is 3. The van der Waals surface area contributed by atoms with Crippen molar-refractivity contribution in [2.24, 2.45) is 0 Å². The predicted molar refractivity (Wildman–Crippen MR) is 91.2 cm³/mol. The molecule has 6 nitrogen and oxygen atoms in total. The third kappa shape index (κ3) is 4.12. The molecule has 0 spiro atoms. The SMILES string of the molecule is CCc1nnsc1C(=O)NC1CCN(c2ccc(C(F)(F)F)cn2)CC1. The molecule has 3 heterocycles. The molecule has 1 amide bonds. The molecule has 0 radical (unpaired) electrons. The van der Waals surface area contributed by atoms with Crippen LogP contribution in [0, 0.1) is 0 Å². The first-order valence-electron chi connectivity index (χ1n) is 8.28. The van der Waals surface area contributed by atoms with E-state index in [1.54, 1.807) is 0 Å². The lowest BCUT2D eigenvalue weighted by Crippen LogP contribution is -2.45. The lowest BCUT2D eigenvalue weighted by molar-refractivity contribution is -0.137. The molecule has 0 aliphatic carbocycles. The minimum atomic E-state index is -4.38. The summed E-state index contributed by atoms with van der Waals surface area (Å²) in [6.45, 7) is 3.15. The second-order valence-electron chi connectivity index (χ2n) is 6.04. The number of nitrogens with one attached hydrogen (secondary N) is 1. The molecule has 1 N–H and O–H groups in total. The Balaban J connectivity index is 1.55. The fraction of sp³-hybridized carbons (Fsp3) is 0.500. The Morgan fingerprint density at radius 3 is 2.65 bits per heavy atom. The van der Waals surface area contributed by atoms with E-state index < -0.39 is 11.7 Å². The molecule has 1 aliphatic rings. The van der Waals surface area contributed by atoms with Crippen LogP contribution in [-0.4, -0.2) is 39.6 Å². The van der Waals surface area contributed by atoms with Gasteiger partial charge in [0.1, 0.15) is 10.7 Å². The Kier molecular flexibility index (Phi) is 5.40. The van der Waals surface area contributed by atoms with E-state index in [-0.39, 0.29) is 11.9 Å². The van der Waals surface area contributed by atoms with Gasteiger partial charge in [-0.25, -0.2) is 4.98 Å². The maximum Gasteiger partial charge on any atom is 0.417 e. The van der Waals surface area contributed by atoms with Crippen LogP contribution in [0.4, 0.5) is 19.0 Å². The molecule has 0 unspecified atom stereocenters. The number of pyridine rings is 1. The standard InChI is InChI=1S/C16H18F3N5OS/c1-2-12-14(26-23-22-12)15(25)21-11-5-7-24(8-6-11)13-4-3-10(9-20-13)16(17,18)19/h3-4,9,11H,2,5-8H2,1H3,(H,21,25). The number of nitrogens with zero attached hydrogens (tertiary/aromatic N) is 4. The van der Waals surface area contributed by atoms with Gasteiger partial charge < -0.3 is 10.2 Å². The highest BCUT2D eigenvalue weighted by atomic mass is 32.1. The van der Waals surface area contributed by atoms with Crippen molar-refractivity contribution in [3.63, 3.8) is 0 Å². The van der Waals surface area contributed by atoms with Crippen molar-refractivity contribution in [3.05, 3.63) is 34.5 Å². The number of rotatable bonds is 4. The molecule has 2 aromatic heterocycles. The Bertz CT molecular complexity index is 754. The number of carbonyl (C=O) groups excluding carboxylic acids is 1. The highest BCUT2D eigenvalue weighted by molar-refractivity contribution is 7.08. The van der Waals surface area contributed by atoms with Gasteiger partial charge in [0, 0.05) is 25.3 Å². The van der Waals surface area contributed by atoms with Crippen molar-refractivity contribution >= 4 is 23.3 Å². The number of hydrogen-bond donors (Lipinski definition) is 1. The zero-order chi connectivity index (χ0) is 18.7. The smallest absolute Gasteiger partial charge is 0.356 e. The predicted octanol–water partition coefficient (Wildman–Crippen LogP) is 2.91. The van der Waals surface area contributed by atoms with Gasteiger partial charge in [0.2, 0.25) is 0 Å². The van der Waals surface area contributed by atoms with Gasteiger partial charge in [-0.2, -0.15) is 13.2 Å². The van der Waals surface area contributed by atoms with E-state index in [2.05, 4.69) is 19.9 Å². The molecule has 1 saturated heterocycles. The zero-order valence-electron chi connectivity index (χ0n) is 14.1. The van der Waals surface area contributed by atoms with Crippen molar-refractivity contribution in [3.8, 4) is 0 Å². The van der Waals surface area contributed by atoms with Gasteiger partial charge in [0.05, 0.1) is 11.3 Å². The van der Waals surface area contributed by atoms with Crippen LogP contribution >= 0.6 is 11.5 Å². The highest BCUT2D eigenvalue weighted by Gasteiger charge is 2.31. The summed E-state index contributed by atoms with van der Waals surface area (Å²) in [5.41, 5.74) is -0.0628. The third-order valence-electron chi connectivity index (χ3n) is 4.33. The van der Waals surface area contributed by atoms with E-state index in [1.165, 1.54) is 6.07 Å². The number of carbonyl (C=O) groups is 1. The van der Waals surface area contributed by atoms with E-state index in [1.807, 2.05) is 11.8 Å². The minimum Gasteiger partial charge on any atom is -0.356 e. The summed E-state index contributed by atoms with van der Waals surface area (Å²) in [7, 11) is 0. The van der Waals surface area contributed by atoms with Crippen LogP contribution in [0.3, 0.4) is 0 Å². The van der Waals surface area contributed by atoms with E-state index in [4.69, 9.17) is 0 Å². The van der Waals surface area contributed by atoms with Crippen LogP contribution < -0.4 is 10.2 Å². The molecule has 140 valence electrons. The number of halogens is 3. The van der Waals surface area contributed by atoms with Gasteiger partial charge in [-0.1, -0.05) is 11.4 Å². The van der Waals surface area contributed by atoms with Crippen molar-refractivity contribution in [1.29, 1.82) is 0 Å². The molecule has 3 rings (SSSR count). The first-order valence-corrected chi connectivity index (χ1v) is 9.06. The van der Waals surface area contributed by atoms with E-state index in [0.29, 0.717) is 48.7 Å². The van der Waals surface area contributed by atoms with Crippen LogP contribution in [0.15, 0.2) is 18.3 Å². The Labute approximate surface area is 152 Å². The van der Waals surface area contributed by atoms with Crippen molar-refractivity contribution < 1.29 is 18.0 Å². The summed E-state index contributed by atoms with van der Waals surface area (Å²) >= 11 is 1.09. The first kappa shape index (κ1) is 18.6. The molecule has 1 fully saturated rings. The number of hydrogen-bond acceptors (Lipinski definition) is 6. The number of amides is 1. The third-order valence-corrected chi connectivity index (χ3v) is 5.09. The monoisotopic (exact) mass is 385 g/mol. The van der Waals surface area contributed by atoms with Crippen LogP contribution in [0.1, 0.15) is 40.7 Å². The molecular formula is C16H18F3N5OS. The minimum absolute atomic E-state index is 0.0139. The Morgan fingerprint density at radius 1 is 1.35 bits per heavy atom. The fourth-order valence-corrected chi connectivity index (χ4v) is 3.51. The summed E-state index contributed by atoms with van der Waals surface area (Å²) in [6, 6.07) is 2.44. The van der Waals surface area contributed by atoms with Crippen molar-refractivity contribution in [2.75, 3.05) is 18.0 Å². The molecule has 2 aromatic rings. The number of piperidine rings is 1. The van der Waals surface area contributed by atoms with Gasteiger partial charge >= 0.3 is 6.18 Å². The van der Waals surface area contributed by atoms with Gasteiger partial charge in [-0.15, -0.1) is 5.10 Å². The molecule has 1 aliphatic heterocycles. The second kappa shape index (κ2) is 7.56. The number of aryl methyl sites for hydroxylation is 1. The van der Waals surface area contributed by atoms with Crippen molar-refractivity contribution in [1.82, 2.24) is 19.9 Å². The first-order chi connectivity index (χ1) is 12.4. The Hall–Kier alpha value is -2.23. The molecular weight excluding hydrogens is 367 g/mol. The summed E-state index contributed by atoms with van der Waals surface area (Å²) in [6.07, 6.45) is -1.49. The highest BCUT2D eigenvalue weighted by Crippen LogP contribution is 2.29. The van der Waals surface area contributed by atoms with Crippen LogP contribution in [0.25, 0.3) is 0 Å². The molecule has 0 atom stereocenters. The second-order valence-corrected chi connectivity index (χ2v) is 6.79. The summed E-state index contributed by atoms with van der Waals surface area (Å²) in [5.74, 6) is 0.352. The normalized spacial score (nSPS) is 15.9. The topological polar surface area (TPSA) is 71.0 Å². The molecule has 26 heavy (non-hydrogen) atoms. The van der Waals surface area contributed by atoms with Gasteiger partial charge in [-0.3, -0.25) is 4.79 Å². The van der Waals surface area contributed by atoms with Crippen molar-refractivity contribution in [2.45, 2.75) is 38.4 Å². The molecule has 10 heteroatoms. The van der Waals surface area contributed by atoms with Gasteiger partial charge in [-0.05, 0) is 42.9 Å². The fourth-order valence-electron chi connectivity index (χ4n) is 2.86. The van der Waals surface area contributed by atoms with Crippen LogP contribution in [0.5, 0.6) is 0 Å². The maximum atomic E-state index is 12.6. The summed E-state index contributed by atoms with van der Waals surface area (Å²) in [5, 5.41) is 6.93. The average Bonchev–Trinajstić information content (AvgIpc) is 3.11. The molecule has 0 saturated carbocycles. The van der Waals surface area contributed by atoms with Crippen LogP contribution in [0.2, 0.25) is 0 Å². The molecule has 0 bridgehead atoms. The Morgan fingerprint density at radius 2 is 2.08 bits per heavy atom. The lowest BCUT2D eigenvalue weighted by atomic mass is 10.0. The van der Waals surface area contributed by atoms with Gasteiger partial charge in [0.15, 0.2) is 0 Å². The van der Waals surface area contributed by atoms with E-state index in [9.17, 15) is 18.0 Å². The van der Waals surface area contributed by atoms with Crippen LogP contribution in [-0.2, 0) is 12.6 Å². The number of alkyl halides is 3. The molecule has 0 aromatic carbocycles. The number of anilines is 1. The zero-order valence-corrected chi connectivity index (χ0v) is 14.9. The summed E-state index contributed by atoms with van der Waals surface area (Å²) < 4.78 is 41.6. The summed E-state index contributed by atoms with van der Waals surface area (Å²) in [4.78, 5) is 18.7. The largest absolute Gasteiger partial charge is 0.417 e. The van der Waals surface area contributed by atoms with Gasteiger partial charge in [0.25, 0.3) is 5.91 Å². The van der Waals surface area contributed by atoms with E-state index >= 15 is 0 Å². The lowest BCUT2D eigenvalue weighted by Gasteiger charge is -2.33. The quantitative estimate of drug-likeness (QED) is 0.876. The average molecular weight is 385 g/mol.